The molecule has 0 unspecified atom stereocenters. The summed E-state index contributed by atoms with van der Waals surface area (Å²) in [6.07, 6.45) is 6.41. The number of nitrogens with one attached hydrogen (secondary N) is 1. The van der Waals surface area contributed by atoms with Gasteiger partial charge < -0.3 is 5.32 Å². The van der Waals surface area contributed by atoms with Crippen molar-refractivity contribution in [3.8, 4) is 0 Å². The molecule has 1 N–H and O–H groups in total. The third-order valence-electron chi connectivity index (χ3n) is 4.05. The van der Waals surface area contributed by atoms with E-state index in [1.165, 1.54) is 6.42 Å². The molecule has 21 heavy (non-hydrogen) atoms. The zero-order chi connectivity index (χ0) is 14.7. The molecule has 1 fully saturated rings. The van der Waals surface area contributed by atoms with Crippen LogP contribution in [-0.4, -0.2) is 23.2 Å². The van der Waals surface area contributed by atoms with Gasteiger partial charge in [-0.05, 0) is 25.0 Å². The van der Waals surface area contributed by atoms with Crippen molar-refractivity contribution in [3.05, 3.63) is 41.6 Å². The fraction of sp³-hybridized carbons (Fsp3) is 0.353. The molecule has 1 amide bonds. The third kappa shape index (κ3) is 2.94. The van der Waals surface area contributed by atoms with Crippen LogP contribution in [0.2, 0.25) is 0 Å². The van der Waals surface area contributed by atoms with E-state index in [0.29, 0.717) is 16.8 Å². The Kier molecular flexibility index (Phi) is 3.95. The van der Waals surface area contributed by atoms with E-state index in [0.717, 1.165) is 37.4 Å². The van der Waals surface area contributed by atoms with Gasteiger partial charge in [-0.3, -0.25) is 9.59 Å². The van der Waals surface area contributed by atoms with Crippen molar-refractivity contribution < 1.29 is 9.59 Å². The van der Waals surface area contributed by atoms with E-state index >= 15 is 0 Å². The minimum absolute atomic E-state index is 0.184. The average Bonchev–Trinajstić information content (AvgIpc) is 2.54. The lowest BCUT2D eigenvalue weighted by Gasteiger charge is -2.22. The van der Waals surface area contributed by atoms with Gasteiger partial charge in [-0.15, -0.1) is 0 Å². The topological polar surface area (TPSA) is 59.1 Å². The van der Waals surface area contributed by atoms with Crippen LogP contribution >= 0.6 is 0 Å². The van der Waals surface area contributed by atoms with Crippen molar-refractivity contribution in [1.82, 2.24) is 10.3 Å². The number of hydrogen-bond acceptors (Lipinski definition) is 3. The van der Waals surface area contributed by atoms with Gasteiger partial charge in [0.25, 0.3) is 5.91 Å². The number of hydrogen-bond donors (Lipinski definition) is 1. The quantitative estimate of drug-likeness (QED) is 0.880. The van der Waals surface area contributed by atoms with Crippen LogP contribution in [0.25, 0.3) is 10.9 Å². The van der Waals surface area contributed by atoms with Crippen LogP contribution in [0.1, 0.15) is 53.0 Å². The molecule has 0 bridgehead atoms. The minimum Gasteiger partial charge on any atom is -0.348 e. The van der Waals surface area contributed by atoms with Crippen molar-refractivity contribution in [1.29, 1.82) is 0 Å². The Bertz CT molecular complexity index is 676. The third-order valence-corrected chi connectivity index (χ3v) is 4.05. The number of carbonyl (C=O) groups excluding carboxylic acids is 2. The molecule has 0 saturated heterocycles. The summed E-state index contributed by atoms with van der Waals surface area (Å²) in [5.41, 5.74) is 1.51. The van der Waals surface area contributed by atoms with Crippen molar-refractivity contribution >= 4 is 23.1 Å². The van der Waals surface area contributed by atoms with Crippen LogP contribution in [0.4, 0.5) is 0 Å². The Labute approximate surface area is 123 Å². The maximum absolute atomic E-state index is 12.3. The van der Waals surface area contributed by atoms with E-state index < -0.39 is 0 Å². The summed E-state index contributed by atoms with van der Waals surface area (Å²) in [4.78, 5) is 27.9. The Balaban J connectivity index is 1.88. The SMILES string of the molecule is O=Cc1cc(C(=O)NC2CCCCC2)nc2ccccc12. The monoisotopic (exact) mass is 282 g/mol. The van der Waals surface area contributed by atoms with Crippen LogP contribution in [-0.2, 0) is 0 Å². The number of benzene rings is 1. The van der Waals surface area contributed by atoms with Crippen LogP contribution in [0, 0.1) is 0 Å². The zero-order valence-corrected chi connectivity index (χ0v) is 11.8. The van der Waals surface area contributed by atoms with E-state index in [2.05, 4.69) is 10.3 Å². The molecule has 0 radical (unpaired) electrons. The van der Waals surface area contributed by atoms with Crippen molar-refractivity contribution in [2.75, 3.05) is 0 Å². The van der Waals surface area contributed by atoms with Gasteiger partial charge in [0.15, 0.2) is 6.29 Å². The summed E-state index contributed by atoms with van der Waals surface area (Å²) >= 11 is 0. The Morgan fingerprint density at radius 1 is 1.19 bits per heavy atom. The number of para-hydroxylation sites is 1. The number of amides is 1. The standard InChI is InChI=1S/C17H18N2O2/c20-11-12-10-16(19-15-9-5-4-8-14(12)15)17(21)18-13-6-2-1-3-7-13/h4-5,8-11,13H,1-3,6-7H2,(H,18,21). The van der Waals surface area contributed by atoms with Gasteiger partial charge in [0.1, 0.15) is 5.69 Å². The second-order valence-electron chi connectivity index (χ2n) is 5.54. The summed E-state index contributed by atoms with van der Waals surface area (Å²) in [6, 6.07) is 9.19. The van der Waals surface area contributed by atoms with E-state index in [9.17, 15) is 9.59 Å². The number of aldehydes is 1. The first-order valence-corrected chi connectivity index (χ1v) is 7.44. The van der Waals surface area contributed by atoms with Crippen molar-refractivity contribution in [2.24, 2.45) is 0 Å². The number of aromatic nitrogens is 1. The van der Waals surface area contributed by atoms with Gasteiger partial charge in [0.05, 0.1) is 5.52 Å². The van der Waals surface area contributed by atoms with Crippen LogP contribution < -0.4 is 5.32 Å². The number of pyridine rings is 1. The van der Waals surface area contributed by atoms with Crippen LogP contribution in [0.15, 0.2) is 30.3 Å². The van der Waals surface area contributed by atoms with E-state index in [4.69, 9.17) is 0 Å². The average molecular weight is 282 g/mol. The van der Waals surface area contributed by atoms with Crippen molar-refractivity contribution in [2.45, 2.75) is 38.1 Å². The highest BCUT2D eigenvalue weighted by Gasteiger charge is 2.18. The highest BCUT2D eigenvalue weighted by Crippen LogP contribution is 2.19. The number of fused-ring (bicyclic) bond motifs is 1. The number of nitrogens with zero attached hydrogens (tertiary/aromatic N) is 1. The van der Waals surface area contributed by atoms with Gasteiger partial charge in [0.2, 0.25) is 0 Å². The maximum Gasteiger partial charge on any atom is 0.270 e. The molecule has 0 aliphatic heterocycles. The predicted molar refractivity (Wildman–Crippen MR) is 81.5 cm³/mol. The summed E-state index contributed by atoms with van der Waals surface area (Å²) in [6.45, 7) is 0. The first kappa shape index (κ1) is 13.7. The van der Waals surface area contributed by atoms with E-state index in [1.54, 1.807) is 6.07 Å². The van der Waals surface area contributed by atoms with E-state index in [1.807, 2.05) is 24.3 Å². The molecule has 108 valence electrons. The summed E-state index contributed by atoms with van der Waals surface area (Å²) in [7, 11) is 0. The number of rotatable bonds is 3. The van der Waals surface area contributed by atoms with Gasteiger partial charge in [-0.1, -0.05) is 37.5 Å². The molecule has 1 aliphatic rings. The molecule has 0 spiro atoms. The molecular weight excluding hydrogens is 264 g/mol. The lowest BCUT2D eigenvalue weighted by molar-refractivity contribution is 0.0923. The first-order valence-electron chi connectivity index (χ1n) is 7.44. The summed E-state index contributed by atoms with van der Waals surface area (Å²) in [5.74, 6) is -0.184. The zero-order valence-electron chi connectivity index (χ0n) is 11.8. The molecule has 1 aromatic heterocycles. The molecule has 2 aromatic rings. The fourth-order valence-corrected chi connectivity index (χ4v) is 2.92. The smallest absolute Gasteiger partial charge is 0.270 e. The Morgan fingerprint density at radius 3 is 2.71 bits per heavy atom. The number of carbonyl (C=O) groups is 2. The second kappa shape index (κ2) is 6.04. The Morgan fingerprint density at radius 2 is 1.95 bits per heavy atom. The molecule has 1 aliphatic carbocycles. The Hall–Kier alpha value is -2.23. The second-order valence-corrected chi connectivity index (χ2v) is 5.54. The predicted octanol–water partition coefficient (Wildman–Crippen LogP) is 3.11. The first-order chi connectivity index (χ1) is 10.3. The highest BCUT2D eigenvalue weighted by atomic mass is 16.2. The molecule has 3 rings (SSSR count). The van der Waals surface area contributed by atoms with E-state index in [-0.39, 0.29) is 11.9 Å². The van der Waals surface area contributed by atoms with Gasteiger partial charge in [-0.2, -0.15) is 0 Å². The minimum atomic E-state index is -0.184. The highest BCUT2D eigenvalue weighted by molar-refractivity contribution is 6.01. The molecule has 1 saturated carbocycles. The summed E-state index contributed by atoms with van der Waals surface area (Å²) < 4.78 is 0. The largest absolute Gasteiger partial charge is 0.348 e. The maximum atomic E-state index is 12.3. The molecule has 0 atom stereocenters. The molecule has 4 nitrogen and oxygen atoms in total. The molecule has 1 heterocycles. The van der Waals surface area contributed by atoms with Gasteiger partial charge in [0, 0.05) is 17.0 Å². The summed E-state index contributed by atoms with van der Waals surface area (Å²) in [5, 5.41) is 3.81. The molecular formula is C17H18N2O2. The van der Waals surface area contributed by atoms with Gasteiger partial charge in [-0.25, -0.2) is 4.98 Å². The lowest BCUT2D eigenvalue weighted by atomic mass is 9.95. The fourth-order valence-electron chi connectivity index (χ4n) is 2.92. The molecule has 4 heteroatoms. The molecule has 1 aromatic carbocycles. The van der Waals surface area contributed by atoms with Crippen LogP contribution in [0.5, 0.6) is 0 Å². The van der Waals surface area contributed by atoms with Crippen molar-refractivity contribution in [3.63, 3.8) is 0 Å². The normalized spacial score (nSPS) is 15.8. The van der Waals surface area contributed by atoms with Crippen LogP contribution in [0.3, 0.4) is 0 Å². The lowest BCUT2D eigenvalue weighted by Crippen LogP contribution is -2.36. The van der Waals surface area contributed by atoms with Gasteiger partial charge >= 0.3 is 0 Å².